The first kappa shape index (κ1) is 13.4. The molecule has 0 bridgehead atoms. The molecule has 4 heteroatoms. The van der Waals surface area contributed by atoms with Gasteiger partial charge in [-0.15, -0.1) is 0 Å². The summed E-state index contributed by atoms with van der Waals surface area (Å²) < 4.78 is 6.70. The first-order valence-corrected chi connectivity index (χ1v) is 7.02. The van der Waals surface area contributed by atoms with Crippen LogP contribution in [-0.2, 0) is 0 Å². The maximum absolute atomic E-state index is 8.80. The lowest BCUT2D eigenvalue weighted by Crippen LogP contribution is -2.40. The van der Waals surface area contributed by atoms with E-state index in [1.165, 1.54) is 19.3 Å². The molecule has 1 atom stereocenters. The van der Waals surface area contributed by atoms with Crippen LogP contribution >= 0.6 is 15.9 Å². The molecule has 0 radical (unpaired) electrons. The van der Waals surface area contributed by atoms with Gasteiger partial charge in [0.1, 0.15) is 12.4 Å². The molecule has 1 fully saturated rings. The highest BCUT2D eigenvalue weighted by Crippen LogP contribution is 2.26. The maximum atomic E-state index is 8.80. The molecule has 0 saturated carbocycles. The van der Waals surface area contributed by atoms with Crippen LogP contribution < -0.4 is 4.74 Å². The van der Waals surface area contributed by atoms with Gasteiger partial charge in [0.25, 0.3) is 0 Å². The fourth-order valence-corrected chi connectivity index (χ4v) is 2.72. The third-order valence-corrected chi connectivity index (χ3v) is 4.03. The lowest BCUT2D eigenvalue weighted by atomic mass is 10.0. The van der Waals surface area contributed by atoms with E-state index in [-0.39, 0.29) is 0 Å². The monoisotopic (exact) mass is 308 g/mol. The number of hydrogen-bond donors (Lipinski definition) is 0. The Labute approximate surface area is 116 Å². The van der Waals surface area contributed by atoms with E-state index in [4.69, 9.17) is 10.00 Å². The van der Waals surface area contributed by atoms with Crippen molar-refractivity contribution >= 4 is 15.9 Å². The van der Waals surface area contributed by atoms with Crippen molar-refractivity contribution < 1.29 is 4.74 Å². The number of piperidine rings is 1. The van der Waals surface area contributed by atoms with Gasteiger partial charge in [-0.1, -0.05) is 6.42 Å². The number of benzene rings is 1. The molecular formula is C14H17BrN2O. The van der Waals surface area contributed by atoms with Crippen molar-refractivity contribution in [2.24, 2.45) is 0 Å². The minimum atomic E-state index is 0.501. The highest BCUT2D eigenvalue weighted by Gasteiger charge is 2.19. The van der Waals surface area contributed by atoms with Crippen LogP contribution in [0.15, 0.2) is 22.7 Å². The Kier molecular flexibility index (Phi) is 4.62. The van der Waals surface area contributed by atoms with Crippen molar-refractivity contribution in [1.29, 1.82) is 5.26 Å². The van der Waals surface area contributed by atoms with Gasteiger partial charge in [0.2, 0.25) is 0 Å². The lowest BCUT2D eigenvalue weighted by Gasteiger charge is -2.32. The lowest BCUT2D eigenvalue weighted by molar-refractivity contribution is 0.125. The molecule has 0 spiro atoms. The molecule has 1 unspecified atom stereocenters. The highest BCUT2D eigenvalue weighted by atomic mass is 79.9. The zero-order valence-corrected chi connectivity index (χ0v) is 12.1. The number of ether oxygens (including phenoxy) is 1. The quantitative estimate of drug-likeness (QED) is 0.860. The number of likely N-dealkylation sites (tertiary alicyclic amines) is 1. The third-order valence-electron chi connectivity index (χ3n) is 3.41. The summed E-state index contributed by atoms with van der Waals surface area (Å²) in [7, 11) is 2.15. The smallest absolute Gasteiger partial charge is 0.133 e. The molecule has 0 aromatic heterocycles. The second-order valence-corrected chi connectivity index (χ2v) is 5.55. The average Bonchev–Trinajstić information content (AvgIpc) is 2.39. The van der Waals surface area contributed by atoms with E-state index in [2.05, 4.69) is 33.9 Å². The van der Waals surface area contributed by atoms with E-state index >= 15 is 0 Å². The maximum Gasteiger partial charge on any atom is 0.133 e. The van der Waals surface area contributed by atoms with Crippen LogP contribution in [0.4, 0.5) is 0 Å². The minimum absolute atomic E-state index is 0.501. The number of likely N-dealkylation sites (N-methyl/N-ethyl adjacent to an activating group) is 1. The summed E-state index contributed by atoms with van der Waals surface area (Å²) in [5.74, 6) is 0.813. The summed E-state index contributed by atoms with van der Waals surface area (Å²) in [6.45, 7) is 1.86. The van der Waals surface area contributed by atoms with E-state index in [9.17, 15) is 0 Å². The van der Waals surface area contributed by atoms with Gasteiger partial charge in [-0.25, -0.2) is 0 Å². The summed E-state index contributed by atoms with van der Waals surface area (Å²) in [6.07, 6.45) is 3.77. The Bertz CT molecular complexity index is 456. The molecular weight excluding hydrogens is 292 g/mol. The summed E-state index contributed by atoms with van der Waals surface area (Å²) in [4.78, 5) is 2.36. The van der Waals surface area contributed by atoms with Crippen molar-refractivity contribution in [3.8, 4) is 11.8 Å². The summed E-state index contributed by atoms with van der Waals surface area (Å²) in [5, 5.41) is 8.80. The fraction of sp³-hybridized carbons (Fsp3) is 0.500. The van der Waals surface area contributed by atoms with Gasteiger partial charge >= 0.3 is 0 Å². The fourth-order valence-electron chi connectivity index (χ4n) is 2.23. The van der Waals surface area contributed by atoms with E-state index in [0.717, 1.165) is 16.8 Å². The van der Waals surface area contributed by atoms with Gasteiger partial charge in [-0.05, 0) is 60.6 Å². The van der Waals surface area contributed by atoms with Gasteiger partial charge in [0.05, 0.1) is 16.1 Å². The van der Waals surface area contributed by atoms with Crippen LogP contribution in [0, 0.1) is 11.3 Å². The Balaban J connectivity index is 1.95. The molecule has 3 nitrogen and oxygen atoms in total. The molecule has 0 amide bonds. The normalized spacial score (nSPS) is 20.4. The predicted molar refractivity (Wildman–Crippen MR) is 74.6 cm³/mol. The molecule has 1 aromatic carbocycles. The zero-order valence-electron chi connectivity index (χ0n) is 10.5. The minimum Gasteiger partial charge on any atom is -0.491 e. The zero-order chi connectivity index (χ0) is 13.0. The number of nitriles is 1. The first-order valence-electron chi connectivity index (χ1n) is 6.23. The molecule has 18 heavy (non-hydrogen) atoms. The van der Waals surface area contributed by atoms with Crippen LogP contribution in [0.3, 0.4) is 0 Å². The van der Waals surface area contributed by atoms with Gasteiger partial charge in [0.15, 0.2) is 0 Å². The molecule has 1 heterocycles. The Morgan fingerprint density at radius 1 is 1.50 bits per heavy atom. The van der Waals surface area contributed by atoms with Gasteiger partial charge in [0, 0.05) is 6.04 Å². The number of rotatable bonds is 3. The van der Waals surface area contributed by atoms with Crippen molar-refractivity contribution in [3.63, 3.8) is 0 Å². The molecule has 1 aliphatic rings. The largest absolute Gasteiger partial charge is 0.491 e. The van der Waals surface area contributed by atoms with Gasteiger partial charge in [-0.2, -0.15) is 5.26 Å². The van der Waals surface area contributed by atoms with Gasteiger partial charge in [-0.3, -0.25) is 0 Å². The second-order valence-electron chi connectivity index (χ2n) is 4.70. The third kappa shape index (κ3) is 3.24. The van der Waals surface area contributed by atoms with Crippen molar-refractivity contribution in [3.05, 3.63) is 28.2 Å². The Morgan fingerprint density at radius 2 is 2.33 bits per heavy atom. The van der Waals surface area contributed by atoms with Gasteiger partial charge < -0.3 is 9.64 Å². The van der Waals surface area contributed by atoms with Crippen LogP contribution in [0.5, 0.6) is 5.75 Å². The van der Waals surface area contributed by atoms with Crippen LogP contribution in [0.1, 0.15) is 24.8 Å². The molecule has 2 rings (SSSR count). The van der Waals surface area contributed by atoms with Crippen molar-refractivity contribution in [2.75, 3.05) is 20.2 Å². The van der Waals surface area contributed by atoms with E-state index in [1.54, 1.807) is 12.1 Å². The SMILES string of the molecule is CN1CCCCC1COc1ccc(C#N)cc1Br. The number of hydrogen-bond acceptors (Lipinski definition) is 3. The Hall–Kier alpha value is -1.05. The van der Waals surface area contributed by atoms with E-state index in [0.29, 0.717) is 18.2 Å². The average molecular weight is 309 g/mol. The molecule has 1 aliphatic heterocycles. The summed E-state index contributed by atoms with van der Waals surface area (Å²) in [6, 6.07) is 8.04. The molecule has 1 saturated heterocycles. The van der Waals surface area contributed by atoms with Crippen LogP contribution in [-0.4, -0.2) is 31.1 Å². The molecule has 0 N–H and O–H groups in total. The van der Waals surface area contributed by atoms with E-state index < -0.39 is 0 Å². The first-order chi connectivity index (χ1) is 8.70. The van der Waals surface area contributed by atoms with Crippen molar-refractivity contribution in [2.45, 2.75) is 25.3 Å². The predicted octanol–water partition coefficient (Wildman–Crippen LogP) is 3.18. The molecule has 0 aliphatic carbocycles. The van der Waals surface area contributed by atoms with Crippen LogP contribution in [0.25, 0.3) is 0 Å². The second kappa shape index (κ2) is 6.21. The molecule has 96 valence electrons. The van der Waals surface area contributed by atoms with Crippen LogP contribution in [0.2, 0.25) is 0 Å². The van der Waals surface area contributed by atoms with Crippen molar-refractivity contribution in [1.82, 2.24) is 4.90 Å². The summed E-state index contributed by atoms with van der Waals surface area (Å²) in [5.41, 5.74) is 0.643. The molecule has 1 aromatic rings. The Morgan fingerprint density at radius 3 is 3.00 bits per heavy atom. The van der Waals surface area contributed by atoms with E-state index in [1.807, 2.05) is 6.07 Å². The standard InChI is InChI=1S/C14H17BrN2O/c1-17-7-3-2-4-12(17)10-18-14-6-5-11(9-16)8-13(14)15/h5-6,8,12H,2-4,7,10H2,1H3. The topological polar surface area (TPSA) is 36.3 Å². The highest BCUT2D eigenvalue weighted by molar-refractivity contribution is 9.10. The summed E-state index contributed by atoms with van der Waals surface area (Å²) >= 11 is 3.44. The number of halogens is 1. The number of nitrogens with zero attached hydrogens (tertiary/aromatic N) is 2.